The summed E-state index contributed by atoms with van der Waals surface area (Å²) in [6.07, 6.45) is -5.90. The Bertz CT molecular complexity index is 474. The molecule has 6 N–H and O–H groups in total. The number of aliphatic hydroxyl groups excluding tert-OH is 6. The fourth-order valence-electron chi connectivity index (χ4n) is 1.68. The van der Waals surface area contributed by atoms with Gasteiger partial charge in [-0.1, -0.05) is 12.1 Å². The first kappa shape index (κ1) is 17.4. The van der Waals surface area contributed by atoms with E-state index in [1.54, 1.807) is 24.3 Å². The van der Waals surface area contributed by atoms with Crippen molar-refractivity contribution in [1.29, 1.82) is 0 Å². The maximum absolute atomic E-state index is 9.76. The molecule has 1 rings (SSSR count). The zero-order chi connectivity index (χ0) is 16.0. The third-order valence-electron chi connectivity index (χ3n) is 2.97. The largest absolute Gasteiger partial charge is 0.509 e. The van der Waals surface area contributed by atoms with E-state index >= 15 is 0 Å². The molecule has 0 bridgehead atoms. The molecule has 0 spiro atoms. The SMILES string of the molecule is COc1cccc(C=C(O)C(O)C(O)C(O)C(O)CO)c1. The van der Waals surface area contributed by atoms with Crippen LogP contribution in [0.3, 0.4) is 0 Å². The van der Waals surface area contributed by atoms with Gasteiger partial charge in [-0.2, -0.15) is 0 Å². The smallest absolute Gasteiger partial charge is 0.139 e. The van der Waals surface area contributed by atoms with Gasteiger partial charge >= 0.3 is 0 Å². The van der Waals surface area contributed by atoms with Crippen LogP contribution in [0.5, 0.6) is 5.75 Å². The number of ether oxygens (including phenoxy) is 1. The van der Waals surface area contributed by atoms with E-state index in [-0.39, 0.29) is 0 Å². The summed E-state index contributed by atoms with van der Waals surface area (Å²) in [5, 5.41) is 56.5. The summed E-state index contributed by atoms with van der Waals surface area (Å²) in [6, 6.07) is 6.59. The van der Waals surface area contributed by atoms with E-state index in [0.29, 0.717) is 11.3 Å². The van der Waals surface area contributed by atoms with Gasteiger partial charge in [0.2, 0.25) is 0 Å². The Morgan fingerprint density at radius 1 is 1.19 bits per heavy atom. The summed E-state index contributed by atoms with van der Waals surface area (Å²) in [4.78, 5) is 0. The van der Waals surface area contributed by atoms with E-state index in [2.05, 4.69) is 0 Å². The first-order valence-electron chi connectivity index (χ1n) is 6.28. The fraction of sp³-hybridized carbons (Fsp3) is 0.429. The number of hydrogen-bond acceptors (Lipinski definition) is 7. The highest BCUT2D eigenvalue weighted by Crippen LogP contribution is 2.17. The van der Waals surface area contributed by atoms with E-state index in [9.17, 15) is 25.5 Å². The topological polar surface area (TPSA) is 131 Å². The summed E-state index contributed by atoms with van der Waals surface area (Å²) in [7, 11) is 1.48. The van der Waals surface area contributed by atoms with E-state index in [1.165, 1.54) is 13.2 Å². The lowest BCUT2D eigenvalue weighted by atomic mass is 10.0. The van der Waals surface area contributed by atoms with Crippen molar-refractivity contribution in [3.8, 4) is 5.75 Å². The summed E-state index contributed by atoms with van der Waals surface area (Å²) in [6.45, 7) is -0.786. The van der Waals surface area contributed by atoms with Crippen molar-refractivity contribution < 1.29 is 35.4 Å². The molecule has 0 saturated heterocycles. The third kappa shape index (κ3) is 4.69. The van der Waals surface area contributed by atoms with E-state index in [1.807, 2.05) is 0 Å². The molecule has 0 amide bonds. The molecule has 7 heteroatoms. The van der Waals surface area contributed by atoms with Gasteiger partial charge in [-0.05, 0) is 23.8 Å². The van der Waals surface area contributed by atoms with Gasteiger partial charge in [0.15, 0.2) is 0 Å². The Kier molecular flexibility index (Phi) is 6.60. The predicted octanol–water partition coefficient (Wildman–Crippen LogP) is -0.970. The minimum absolute atomic E-state index is 0.510. The van der Waals surface area contributed by atoms with Crippen LogP contribution in [0.25, 0.3) is 6.08 Å². The number of hydrogen-bond donors (Lipinski definition) is 6. The minimum atomic E-state index is -1.85. The maximum Gasteiger partial charge on any atom is 0.139 e. The quantitative estimate of drug-likeness (QED) is 0.357. The molecule has 118 valence electrons. The fourth-order valence-corrected chi connectivity index (χ4v) is 1.68. The van der Waals surface area contributed by atoms with Crippen molar-refractivity contribution in [2.24, 2.45) is 0 Å². The van der Waals surface area contributed by atoms with Crippen molar-refractivity contribution >= 4 is 6.08 Å². The van der Waals surface area contributed by atoms with Crippen molar-refractivity contribution in [2.75, 3.05) is 13.7 Å². The highest BCUT2D eigenvalue weighted by molar-refractivity contribution is 5.54. The molecule has 0 fully saturated rings. The van der Waals surface area contributed by atoms with Gasteiger partial charge in [-0.3, -0.25) is 0 Å². The Hall–Kier alpha value is -1.64. The van der Waals surface area contributed by atoms with Crippen LogP contribution in [0.1, 0.15) is 5.56 Å². The number of methoxy groups -OCH3 is 1. The van der Waals surface area contributed by atoms with Gasteiger partial charge < -0.3 is 35.4 Å². The number of aliphatic hydroxyl groups is 6. The standard InChI is InChI=1S/C14H20O7/c1-21-9-4-2-3-8(5-9)6-10(16)12(18)14(20)13(19)11(17)7-15/h2-6,11-20H,7H2,1H3. The second-order valence-corrected chi connectivity index (χ2v) is 4.52. The van der Waals surface area contributed by atoms with Crippen molar-refractivity contribution in [3.63, 3.8) is 0 Å². The number of rotatable bonds is 7. The average Bonchev–Trinajstić information content (AvgIpc) is 2.51. The molecule has 4 unspecified atom stereocenters. The molecule has 4 atom stereocenters. The summed E-state index contributed by atoms with van der Waals surface area (Å²) in [5.74, 6) is -0.0535. The molecule has 0 saturated carbocycles. The molecule has 0 aromatic heterocycles. The zero-order valence-corrected chi connectivity index (χ0v) is 11.5. The lowest BCUT2D eigenvalue weighted by Gasteiger charge is -2.25. The molecule has 0 aliphatic carbocycles. The van der Waals surface area contributed by atoms with Crippen LogP contribution in [-0.4, -0.2) is 68.8 Å². The first-order valence-corrected chi connectivity index (χ1v) is 6.28. The summed E-state index contributed by atoms with van der Waals surface area (Å²) >= 11 is 0. The van der Waals surface area contributed by atoms with Gasteiger partial charge in [0, 0.05) is 0 Å². The van der Waals surface area contributed by atoms with Crippen LogP contribution < -0.4 is 4.74 Å². The van der Waals surface area contributed by atoms with Crippen molar-refractivity contribution in [2.45, 2.75) is 24.4 Å². The molecule has 1 aromatic carbocycles. The highest BCUT2D eigenvalue weighted by atomic mass is 16.5. The highest BCUT2D eigenvalue weighted by Gasteiger charge is 2.32. The van der Waals surface area contributed by atoms with Gasteiger partial charge in [0.05, 0.1) is 13.7 Å². The Morgan fingerprint density at radius 2 is 1.86 bits per heavy atom. The van der Waals surface area contributed by atoms with E-state index < -0.39 is 36.8 Å². The summed E-state index contributed by atoms with van der Waals surface area (Å²) in [5.41, 5.74) is 0.510. The minimum Gasteiger partial charge on any atom is -0.509 e. The lowest BCUT2D eigenvalue weighted by molar-refractivity contribution is -0.112. The van der Waals surface area contributed by atoms with Crippen LogP contribution in [0.15, 0.2) is 30.0 Å². The van der Waals surface area contributed by atoms with Crippen LogP contribution in [0.2, 0.25) is 0 Å². The predicted molar refractivity (Wildman–Crippen MR) is 74.7 cm³/mol. The summed E-state index contributed by atoms with van der Waals surface area (Å²) < 4.78 is 5.00. The second kappa shape index (κ2) is 7.96. The van der Waals surface area contributed by atoms with Crippen LogP contribution in [0, 0.1) is 0 Å². The monoisotopic (exact) mass is 300 g/mol. The Labute approximate surface area is 122 Å². The zero-order valence-electron chi connectivity index (χ0n) is 11.5. The van der Waals surface area contributed by atoms with E-state index in [0.717, 1.165) is 0 Å². The molecule has 0 aliphatic rings. The van der Waals surface area contributed by atoms with Crippen molar-refractivity contribution in [3.05, 3.63) is 35.6 Å². The average molecular weight is 300 g/mol. The van der Waals surface area contributed by atoms with Gasteiger partial charge in [0.1, 0.15) is 35.9 Å². The molecule has 0 radical (unpaired) electrons. The third-order valence-corrected chi connectivity index (χ3v) is 2.97. The first-order chi connectivity index (χ1) is 9.90. The molecule has 21 heavy (non-hydrogen) atoms. The van der Waals surface area contributed by atoms with Crippen LogP contribution in [-0.2, 0) is 0 Å². The molecular formula is C14H20O7. The molecule has 7 nitrogen and oxygen atoms in total. The number of benzene rings is 1. The maximum atomic E-state index is 9.76. The molecular weight excluding hydrogens is 280 g/mol. The molecule has 0 heterocycles. The van der Waals surface area contributed by atoms with Crippen molar-refractivity contribution in [1.82, 2.24) is 0 Å². The normalized spacial score (nSPS) is 17.9. The van der Waals surface area contributed by atoms with Gasteiger partial charge in [-0.15, -0.1) is 0 Å². The molecule has 1 aromatic rings. The molecule has 0 aliphatic heterocycles. The van der Waals surface area contributed by atoms with Gasteiger partial charge in [-0.25, -0.2) is 0 Å². The lowest BCUT2D eigenvalue weighted by Crippen LogP contribution is -2.46. The van der Waals surface area contributed by atoms with Crippen LogP contribution >= 0.6 is 0 Å². The van der Waals surface area contributed by atoms with E-state index in [4.69, 9.17) is 9.84 Å². The van der Waals surface area contributed by atoms with Gasteiger partial charge in [0.25, 0.3) is 0 Å². The Balaban J connectivity index is 2.85. The second-order valence-electron chi connectivity index (χ2n) is 4.52. The Morgan fingerprint density at radius 3 is 2.43 bits per heavy atom. The van der Waals surface area contributed by atoms with Crippen LogP contribution in [0.4, 0.5) is 0 Å².